The molecule has 0 heterocycles. The van der Waals surface area contributed by atoms with Gasteiger partial charge in [-0.05, 0) is 26.4 Å². The minimum Gasteiger partial charge on any atom is -0.302 e. The molecule has 0 fully saturated rings. The Morgan fingerprint density at radius 2 is 2.08 bits per heavy atom. The molecule has 0 N–H and O–H groups in total. The maximum Gasteiger partial charge on any atom is 0.0638 e. The lowest BCUT2D eigenvalue weighted by Gasteiger charge is -2.24. The van der Waals surface area contributed by atoms with Gasteiger partial charge in [-0.3, -0.25) is 0 Å². The molecule has 0 aromatic rings. The average molecular weight is 168 g/mol. The Labute approximate surface area is 76.2 Å². The highest BCUT2D eigenvalue weighted by molar-refractivity contribution is 4.80. The lowest BCUT2D eigenvalue weighted by atomic mass is 10.1. The fraction of sp³-hybridized carbons (Fsp3) is 0.900. The van der Waals surface area contributed by atoms with E-state index >= 15 is 0 Å². The van der Waals surface area contributed by atoms with Crippen LogP contribution in [0.2, 0.25) is 0 Å². The van der Waals surface area contributed by atoms with Gasteiger partial charge in [-0.2, -0.15) is 5.26 Å². The second-order valence-electron chi connectivity index (χ2n) is 3.26. The van der Waals surface area contributed by atoms with Crippen molar-refractivity contribution >= 4 is 0 Å². The molecule has 2 heteroatoms. The first-order valence-electron chi connectivity index (χ1n) is 4.83. The highest BCUT2D eigenvalue weighted by atomic mass is 15.1. The van der Waals surface area contributed by atoms with Crippen LogP contribution in [0.3, 0.4) is 0 Å². The van der Waals surface area contributed by atoms with E-state index in [1.54, 1.807) is 0 Å². The van der Waals surface area contributed by atoms with Gasteiger partial charge in [0.2, 0.25) is 0 Å². The highest BCUT2D eigenvalue weighted by Crippen LogP contribution is 2.06. The van der Waals surface area contributed by atoms with Crippen molar-refractivity contribution in [1.82, 2.24) is 4.90 Å². The molecule has 0 saturated carbocycles. The zero-order valence-electron chi connectivity index (χ0n) is 8.51. The monoisotopic (exact) mass is 168 g/mol. The van der Waals surface area contributed by atoms with Crippen LogP contribution in [-0.4, -0.2) is 24.5 Å². The molecule has 0 aliphatic heterocycles. The molecule has 0 aromatic carbocycles. The molecule has 0 bridgehead atoms. The number of hydrogen-bond acceptors (Lipinski definition) is 2. The van der Waals surface area contributed by atoms with Crippen molar-refractivity contribution in [2.24, 2.45) is 0 Å². The number of unbranched alkanes of at least 4 members (excludes halogenated alkanes) is 1. The third kappa shape index (κ3) is 4.35. The third-order valence-corrected chi connectivity index (χ3v) is 2.29. The van der Waals surface area contributed by atoms with E-state index in [2.05, 4.69) is 31.9 Å². The maximum absolute atomic E-state index is 8.57. The maximum atomic E-state index is 8.57. The predicted molar refractivity (Wildman–Crippen MR) is 51.8 cm³/mol. The summed E-state index contributed by atoms with van der Waals surface area (Å²) in [6.07, 6.45) is 4.20. The van der Waals surface area contributed by atoms with Gasteiger partial charge < -0.3 is 4.90 Å². The topological polar surface area (TPSA) is 27.0 Å². The van der Waals surface area contributed by atoms with Crippen molar-refractivity contribution < 1.29 is 0 Å². The number of rotatable bonds is 6. The van der Waals surface area contributed by atoms with E-state index in [0.717, 1.165) is 13.0 Å². The van der Waals surface area contributed by atoms with Crippen molar-refractivity contribution in [3.63, 3.8) is 0 Å². The summed E-state index contributed by atoms with van der Waals surface area (Å²) < 4.78 is 0. The van der Waals surface area contributed by atoms with Crippen molar-refractivity contribution in [3.05, 3.63) is 0 Å². The smallest absolute Gasteiger partial charge is 0.0638 e. The highest BCUT2D eigenvalue weighted by Gasteiger charge is 2.10. The molecule has 1 atom stereocenters. The lowest BCUT2D eigenvalue weighted by molar-refractivity contribution is 0.235. The standard InChI is InChI=1S/C10H20N2/c1-4-6-9-12(3)10(5-2)7-8-11/h10H,4-7,9H2,1-3H3. The average Bonchev–Trinajstić information content (AvgIpc) is 2.10. The van der Waals surface area contributed by atoms with Crippen LogP contribution in [0.15, 0.2) is 0 Å². The summed E-state index contributed by atoms with van der Waals surface area (Å²) in [7, 11) is 2.11. The van der Waals surface area contributed by atoms with Crippen LogP contribution >= 0.6 is 0 Å². The van der Waals surface area contributed by atoms with Crippen LogP contribution in [-0.2, 0) is 0 Å². The predicted octanol–water partition coefficient (Wildman–Crippen LogP) is 2.41. The summed E-state index contributed by atoms with van der Waals surface area (Å²) in [6.45, 7) is 5.46. The van der Waals surface area contributed by atoms with Gasteiger partial charge in [0.1, 0.15) is 0 Å². The molecule has 0 spiro atoms. The molecule has 0 saturated heterocycles. The van der Waals surface area contributed by atoms with E-state index in [1.807, 2.05) is 0 Å². The number of hydrogen-bond donors (Lipinski definition) is 0. The molecule has 0 radical (unpaired) electrons. The molecule has 0 aromatic heterocycles. The second-order valence-corrected chi connectivity index (χ2v) is 3.26. The molecule has 1 unspecified atom stereocenters. The van der Waals surface area contributed by atoms with E-state index in [-0.39, 0.29) is 0 Å². The largest absolute Gasteiger partial charge is 0.302 e. The first-order chi connectivity index (χ1) is 5.76. The fourth-order valence-electron chi connectivity index (χ4n) is 1.31. The van der Waals surface area contributed by atoms with Crippen LogP contribution in [0.25, 0.3) is 0 Å². The normalized spacial score (nSPS) is 12.9. The summed E-state index contributed by atoms with van der Waals surface area (Å²) >= 11 is 0. The minimum atomic E-state index is 0.460. The molecule has 0 rings (SSSR count). The first-order valence-corrected chi connectivity index (χ1v) is 4.83. The van der Waals surface area contributed by atoms with Gasteiger partial charge >= 0.3 is 0 Å². The molecule has 2 nitrogen and oxygen atoms in total. The zero-order chi connectivity index (χ0) is 9.40. The Morgan fingerprint density at radius 1 is 1.42 bits per heavy atom. The van der Waals surface area contributed by atoms with Crippen LogP contribution < -0.4 is 0 Å². The molecule has 70 valence electrons. The van der Waals surface area contributed by atoms with Gasteiger partial charge in [0.25, 0.3) is 0 Å². The van der Waals surface area contributed by atoms with E-state index < -0.39 is 0 Å². The zero-order valence-corrected chi connectivity index (χ0v) is 8.51. The van der Waals surface area contributed by atoms with Crippen LogP contribution in [0, 0.1) is 11.3 Å². The summed E-state index contributed by atoms with van der Waals surface area (Å²) in [5, 5.41) is 8.57. The van der Waals surface area contributed by atoms with E-state index in [9.17, 15) is 0 Å². The molecule has 0 aliphatic carbocycles. The Bertz CT molecular complexity index is 137. The molecule has 0 amide bonds. The van der Waals surface area contributed by atoms with Crippen LogP contribution in [0.5, 0.6) is 0 Å². The van der Waals surface area contributed by atoms with Gasteiger partial charge in [-0.25, -0.2) is 0 Å². The molecular formula is C10H20N2. The molecule has 0 aliphatic rings. The Balaban J connectivity index is 3.70. The first kappa shape index (κ1) is 11.4. The van der Waals surface area contributed by atoms with E-state index in [1.165, 1.54) is 12.8 Å². The number of nitrogens with zero attached hydrogens (tertiary/aromatic N) is 2. The van der Waals surface area contributed by atoms with Gasteiger partial charge in [0, 0.05) is 6.04 Å². The summed E-state index contributed by atoms with van der Waals surface area (Å²) in [4.78, 5) is 2.30. The third-order valence-electron chi connectivity index (χ3n) is 2.29. The summed E-state index contributed by atoms with van der Waals surface area (Å²) in [5.41, 5.74) is 0. The van der Waals surface area contributed by atoms with Crippen molar-refractivity contribution in [1.29, 1.82) is 5.26 Å². The van der Waals surface area contributed by atoms with Crippen LogP contribution in [0.4, 0.5) is 0 Å². The molecular weight excluding hydrogens is 148 g/mol. The number of nitriles is 1. The Hall–Kier alpha value is -0.550. The van der Waals surface area contributed by atoms with Gasteiger partial charge in [0.05, 0.1) is 12.5 Å². The van der Waals surface area contributed by atoms with Gasteiger partial charge in [0.15, 0.2) is 0 Å². The lowest BCUT2D eigenvalue weighted by Crippen LogP contribution is -2.31. The molecule has 12 heavy (non-hydrogen) atoms. The Morgan fingerprint density at radius 3 is 2.50 bits per heavy atom. The Kier molecular flexibility index (Phi) is 6.79. The van der Waals surface area contributed by atoms with E-state index in [4.69, 9.17) is 5.26 Å². The second kappa shape index (κ2) is 7.12. The van der Waals surface area contributed by atoms with Gasteiger partial charge in [-0.1, -0.05) is 20.3 Å². The quantitative estimate of drug-likeness (QED) is 0.609. The van der Waals surface area contributed by atoms with Gasteiger partial charge in [-0.15, -0.1) is 0 Å². The summed E-state index contributed by atoms with van der Waals surface area (Å²) in [6, 6.07) is 2.69. The van der Waals surface area contributed by atoms with Crippen molar-refractivity contribution in [3.8, 4) is 6.07 Å². The van der Waals surface area contributed by atoms with Crippen molar-refractivity contribution in [2.75, 3.05) is 13.6 Å². The van der Waals surface area contributed by atoms with Crippen LogP contribution in [0.1, 0.15) is 39.5 Å². The van der Waals surface area contributed by atoms with E-state index in [0.29, 0.717) is 12.5 Å². The minimum absolute atomic E-state index is 0.460. The fourth-order valence-corrected chi connectivity index (χ4v) is 1.31. The summed E-state index contributed by atoms with van der Waals surface area (Å²) in [5.74, 6) is 0. The van der Waals surface area contributed by atoms with Crippen molar-refractivity contribution in [2.45, 2.75) is 45.6 Å². The SMILES string of the molecule is CCCCN(C)C(CC)CC#N.